The van der Waals surface area contributed by atoms with Crippen LogP contribution in [0.1, 0.15) is 19.3 Å². The van der Waals surface area contributed by atoms with Gasteiger partial charge in [0.1, 0.15) is 0 Å². The SMILES string of the molecule is O=c1c2ccccc2sn1CCC1CCNCC1. The fourth-order valence-electron chi connectivity index (χ4n) is 2.63. The third kappa shape index (κ3) is 2.35. The van der Waals surface area contributed by atoms with Gasteiger partial charge < -0.3 is 5.32 Å². The Morgan fingerprint density at radius 2 is 2.06 bits per heavy atom. The molecule has 1 saturated heterocycles. The van der Waals surface area contributed by atoms with Crippen molar-refractivity contribution in [3.63, 3.8) is 0 Å². The second-order valence-corrected chi connectivity index (χ2v) is 6.04. The second kappa shape index (κ2) is 5.24. The number of rotatable bonds is 3. The molecule has 1 aromatic carbocycles. The summed E-state index contributed by atoms with van der Waals surface area (Å²) in [7, 11) is 0. The number of benzene rings is 1. The molecule has 18 heavy (non-hydrogen) atoms. The van der Waals surface area contributed by atoms with Gasteiger partial charge in [-0.25, -0.2) is 0 Å². The third-order valence-corrected chi connectivity index (χ3v) is 4.87. The predicted molar refractivity (Wildman–Crippen MR) is 76.3 cm³/mol. The van der Waals surface area contributed by atoms with Crippen LogP contribution in [0.4, 0.5) is 0 Å². The van der Waals surface area contributed by atoms with Crippen LogP contribution in [0.5, 0.6) is 0 Å². The van der Waals surface area contributed by atoms with E-state index in [1.165, 1.54) is 12.8 Å². The minimum Gasteiger partial charge on any atom is -0.317 e. The number of hydrogen-bond acceptors (Lipinski definition) is 3. The smallest absolute Gasteiger partial charge is 0.268 e. The van der Waals surface area contributed by atoms with Crippen molar-refractivity contribution in [2.75, 3.05) is 13.1 Å². The highest BCUT2D eigenvalue weighted by Gasteiger charge is 2.14. The fourth-order valence-corrected chi connectivity index (χ4v) is 3.64. The van der Waals surface area contributed by atoms with Crippen LogP contribution in [-0.2, 0) is 6.54 Å². The van der Waals surface area contributed by atoms with Crippen LogP contribution in [0.25, 0.3) is 10.1 Å². The van der Waals surface area contributed by atoms with Crippen LogP contribution < -0.4 is 10.9 Å². The van der Waals surface area contributed by atoms with Gasteiger partial charge in [-0.3, -0.25) is 8.75 Å². The first-order valence-corrected chi connectivity index (χ1v) is 7.41. The van der Waals surface area contributed by atoms with Gasteiger partial charge >= 0.3 is 0 Å². The zero-order chi connectivity index (χ0) is 12.4. The van der Waals surface area contributed by atoms with Crippen LogP contribution in [-0.4, -0.2) is 17.0 Å². The van der Waals surface area contributed by atoms with Crippen molar-refractivity contribution in [1.82, 2.24) is 9.27 Å². The molecule has 0 spiro atoms. The summed E-state index contributed by atoms with van der Waals surface area (Å²) in [4.78, 5) is 12.2. The van der Waals surface area contributed by atoms with Crippen molar-refractivity contribution in [2.45, 2.75) is 25.8 Å². The highest BCUT2D eigenvalue weighted by Crippen LogP contribution is 2.20. The van der Waals surface area contributed by atoms with Crippen molar-refractivity contribution in [3.8, 4) is 0 Å². The summed E-state index contributed by atoms with van der Waals surface area (Å²) in [5, 5.41) is 4.25. The lowest BCUT2D eigenvalue weighted by molar-refractivity contribution is 0.340. The van der Waals surface area contributed by atoms with Crippen molar-refractivity contribution in [3.05, 3.63) is 34.6 Å². The Kier molecular flexibility index (Phi) is 3.48. The summed E-state index contributed by atoms with van der Waals surface area (Å²) in [6, 6.07) is 7.89. The van der Waals surface area contributed by atoms with Gasteiger partial charge in [0.2, 0.25) is 0 Å². The molecule has 2 heterocycles. The average Bonchev–Trinajstić information content (AvgIpc) is 2.75. The Labute approximate surface area is 111 Å². The Morgan fingerprint density at radius 3 is 2.83 bits per heavy atom. The first kappa shape index (κ1) is 11.9. The van der Waals surface area contributed by atoms with Crippen molar-refractivity contribution < 1.29 is 0 Å². The number of fused-ring (bicyclic) bond motifs is 1. The molecule has 2 aromatic rings. The van der Waals surface area contributed by atoms with Gasteiger partial charge in [-0.1, -0.05) is 23.7 Å². The zero-order valence-corrected chi connectivity index (χ0v) is 11.2. The molecule has 1 aliphatic rings. The normalized spacial score (nSPS) is 17.3. The average molecular weight is 262 g/mol. The summed E-state index contributed by atoms with van der Waals surface area (Å²) in [5.74, 6) is 0.781. The number of nitrogens with one attached hydrogen (secondary N) is 1. The van der Waals surface area contributed by atoms with Crippen LogP contribution in [0.3, 0.4) is 0 Å². The van der Waals surface area contributed by atoms with E-state index in [0.717, 1.165) is 42.1 Å². The van der Waals surface area contributed by atoms with Crippen molar-refractivity contribution in [1.29, 1.82) is 0 Å². The van der Waals surface area contributed by atoms with E-state index in [0.29, 0.717) is 0 Å². The maximum Gasteiger partial charge on any atom is 0.268 e. The molecule has 4 heteroatoms. The molecule has 96 valence electrons. The minimum absolute atomic E-state index is 0.185. The molecule has 3 rings (SSSR count). The number of piperidine rings is 1. The van der Waals surface area contributed by atoms with Crippen LogP contribution >= 0.6 is 11.5 Å². The Balaban J connectivity index is 1.74. The van der Waals surface area contributed by atoms with Gasteiger partial charge in [0.05, 0.1) is 10.1 Å². The van der Waals surface area contributed by atoms with Crippen LogP contribution in [0.15, 0.2) is 29.1 Å². The molecule has 1 aliphatic heterocycles. The van der Waals surface area contributed by atoms with E-state index in [1.54, 1.807) is 11.5 Å². The second-order valence-electron chi connectivity index (χ2n) is 4.98. The lowest BCUT2D eigenvalue weighted by Crippen LogP contribution is -2.28. The Hall–Kier alpha value is -1.13. The van der Waals surface area contributed by atoms with Gasteiger partial charge in [-0.05, 0) is 50.4 Å². The van der Waals surface area contributed by atoms with Crippen molar-refractivity contribution in [2.24, 2.45) is 5.92 Å². The first-order chi connectivity index (χ1) is 8.84. The highest BCUT2D eigenvalue weighted by atomic mass is 32.1. The summed E-state index contributed by atoms with van der Waals surface area (Å²) >= 11 is 1.60. The van der Waals surface area contributed by atoms with E-state index in [2.05, 4.69) is 5.32 Å². The fraction of sp³-hybridized carbons (Fsp3) is 0.500. The van der Waals surface area contributed by atoms with Crippen LogP contribution in [0.2, 0.25) is 0 Å². The van der Waals surface area contributed by atoms with Gasteiger partial charge in [0.15, 0.2) is 0 Å². The molecule has 0 bridgehead atoms. The van der Waals surface area contributed by atoms with Gasteiger partial charge in [0.25, 0.3) is 5.56 Å². The van der Waals surface area contributed by atoms with Crippen LogP contribution in [0, 0.1) is 5.92 Å². The maximum atomic E-state index is 12.2. The number of nitrogens with zero attached hydrogens (tertiary/aromatic N) is 1. The summed E-state index contributed by atoms with van der Waals surface area (Å²) in [5.41, 5.74) is 0.185. The lowest BCUT2D eigenvalue weighted by atomic mass is 9.95. The van der Waals surface area contributed by atoms with E-state index in [9.17, 15) is 4.79 Å². The quantitative estimate of drug-likeness (QED) is 0.922. The van der Waals surface area contributed by atoms with E-state index in [-0.39, 0.29) is 5.56 Å². The van der Waals surface area contributed by atoms with Crippen molar-refractivity contribution >= 4 is 21.6 Å². The third-order valence-electron chi connectivity index (χ3n) is 3.75. The summed E-state index contributed by atoms with van der Waals surface area (Å²) in [6.07, 6.45) is 3.63. The molecule has 1 aromatic heterocycles. The molecular weight excluding hydrogens is 244 g/mol. The monoisotopic (exact) mass is 262 g/mol. The van der Waals surface area contributed by atoms with Gasteiger partial charge in [0, 0.05) is 6.54 Å². The van der Waals surface area contributed by atoms with E-state index in [4.69, 9.17) is 0 Å². The van der Waals surface area contributed by atoms with E-state index >= 15 is 0 Å². The van der Waals surface area contributed by atoms with Gasteiger partial charge in [-0.15, -0.1) is 0 Å². The van der Waals surface area contributed by atoms with E-state index in [1.807, 2.05) is 28.2 Å². The predicted octanol–water partition coefficient (Wildman–Crippen LogP) is 2.45. The Morgan fingerprint density at radius 1 is 1.28 bits per heavy atom. The molecule has 1 N–H and O–H groups in total. The highest BCUT2D eigenvalue weighted by molar-refractivity contribution is 7.13. The molecule has 0 unspecified atom stereocenters. The standard InChI is InChI=1S/C14H18N2OS/c17-14-12-3-1-2-4-13(12)18-16(14)10-7-11-5-8-15-9-6-11/h1-4,11,15H,5-10H2. The zero-order valence-electron chi connectivity index (χ0n) is 10.4. The molecule has 3 nitrogen and oxygen atoms in total. The molecule has 1 fully saturated rings. The summed E-state index contributed by atoms with van der Waals surface area (Å²) < 4.78 is 3.03. The topological polar surface area (TPSA) is 34.0 Å². The molecule has 0 atom stereocenters. The molecule has 0 aliphatic carbocycles. The number of aryl methyl sites for hydroxylation is 1. The Bertz CT molecular complexity index is 581. The van der Waals surface area contributed by atoms with Gasteiger partial charge in [-0.2, -0.15) is 0 Å². The molecular formula is C14H18N2OS. The number of aromatic nitrogens is 1. The maximum absolute atomic E-state index is 12.2. The minimum atomic E-state index is 0.185. The molecule has 0 radical (unpaired) electrons. The molecule has 0 saturated carbocycles. The molecule has 0 amide bonds. The number of hydrogen-bond donors (Lipinski definition) is 1. The lowest BCUT2D eigenvalue weighted by Gasteiger charge is -2.22. The summed E-state index contributed by atoms with van der Waals surface area (Å²) in [6.45, 7) is 3.14. The van der Waals surface area contributed by atoms with E-state index < -0.39 is 0 Å². The largest absolute Gasteiger partial charge is 0.317 e. The first-order valence-electron chi connectivity index (χ1n) is 6.64.